The van der Waals surface area contributed by atoms with Crippen LogP contribution >= 0.6 is 0 Å². The van der Waals surface area contributed by atoms with Crippen LogP contribution in [0.5, 0.6) is 11.5 Å². The first-order chi connectivity index (χ1) is 13.0. The maximum atomic E-state index is 13.5. The third kappa shape index (κ3) is 4.51. The van der Waals surface area contributed by atoms with E-state index < -0.39 is 36.3 Å². The van der Waals surface area contributed by atoms with Crippen molar-refractivity contribution in [3.8, 4) is 11.5 Å². The van der Waals surface area contributed by atoms with E-state index in [1.807, 2.05) is 10.9 Å². The third-order valence-corrected chi connectivity index (χ3v) is 3.55. The Bertz CT molecular complexity index is 872. The lowest BCUT2D eigenvalue weighted by Crippen LogP contribution is -2.45. The maximum absolute atomic E-state index is 13.5. The van der Waals surface area contributed by atoms with Crippen LogP contribution in [0.15, 0.2) is 48.5 Å². The molecule has 0 radical (unpaired) electrons. The van der Waals surface area contributed by atoms with E-state index in [-0.39, 0.29) is 12.2 Å². The Hall–Kier alpha value is -3.62. The molecule has 2 N–H and O–H groups in total. The van der Waals surface area contributed by atoms with E-state index >= 15 is 0 Å². The normalized spacial score (nSPS) is 14.8. The SMILES string of the molecule is O=C(COC(=O)[C@@H]1COc2ccccc2O1)NNC(=O)c1ccccc1F. The molecule has 0 aliphatic carbocycles. The van der Waals surface area contributed by atoms with Gasteiger partial charge in [0.15, 0.2) is 18.1 Å². The molecule has 2 aromatic carbocycles. The van der Waals surface area contributed by atoms with Gasteiger partial charge in [0.1, 0.15) is 12.4 Å². The zero-order valence-electron chi connectivity index (χ0n) is 13.9. The average Bonchev–Trinajstić information content (AvgIpc) is 2.70. The molecular formula is C18H15FN2O6. The van der Waals surface area contributed by atoms with Gasteiger partial charge in [0.05, 0.1) is 5.56 Å². The van der Waals surface area contributed by atoms with Gasteiger partial charge in [-0.2, -0.15) is 0 Å². The second kappa shape index (κ2) is 8.17. The number of benzene rings is 2. The monoisotopic (exact) mass is 374 g/mol. The number of halogens is 1. The smallest absolute Gasteiger partial charge is 0.351 e. The van der Waals surface area contributed by atoms with Crippen LogP contribution < -0.4 is 20.3 Å². The van der Waals surface area contributed by atoms with E-state index in [0.29, 0.717) is 11.5 Å². The van der Waals surface area contributed by atoms with Gasteiger partial charge in [0.25, 0.3) is 11.8 Å². The molecule has 140 valence electrons. The standard InChI is InChI=1S/C18H15FN2O6/c19-12-6-2-1-5-11(12)17(23)21-20-16(22)10-26-18(24)15-9-25-13-7-3-4-8-14(13)27-15/h1-8,15H,9-10H2,(H,20,22)(H,21,23)/t15-/m0/s1. The Balaban J connectivity index is 1.43. The highest BCUT2D eigenvalue weighted by Crippen LogP contribution is 2.31. The predicted octanol–water partition coefficient (Wildman–Crippen LogP) is 0.970. The van der Waals surface area contributed by atoms with Crippen LogP contribution in [0.3, 0.4) is 0 Å². The second-order valence-electron chi connectivity index (χ2n) is 5.45. The Morgan fingerprint density at radius 2 is 1.74 bits per heavy atom. The highest BCUT2D eigenvalue weighted by molar-refractivity contribution is 5.95. The van der Waals surface area contributed by atoms with Crippen molar-refractivity contribution in [3.63, 3.8) is 0 Å². The molecule has 27 heavy (non-hydrogen) atoms. The van der Waals surface area contributed by atoms with Crippen molar-refractivity contribution in [2.24, 2.45) is 0 Å². The van der Waals surface area contributed by atoms with Gasteiger partial charge in [-0.25, -0.2) is 9.18 Å². The largest absolute Gasteiger partial charge is 0.485 e. The van der Waals surface area contributed by atoms with Crippen molar-refractivity contribution in [1.29, 1.82) is 0 Å². The van der Waals surface area contributed by atoms with Gasteiger partial charge in [-0.1, -0.05) is 24.3 Å². The summed E-state index contributed by atoms with van der Waals surface area (Å²) >= 11 is 0. The molecule has 0 aromatic heterocycles. The Morgan fingerprint density at radius 1 is 1.04 bits per heavy atom. The molecule has 0 unspecified atom stereocenters. The van der Waals surface area contributed by atoms with Gasteiger partial charge in [-0.3, -0.25) is 20.4 Å². The molecule has 9 heteroatoms. The first-order valence-electron chi connectivity index (χ1n) is 7.93. The summed E-state index contributed by atoms with van der Waals surface area (Å²) in [5.41, 5.74) is 3.82. The molecule has 0 bridgehead atoms. The molecule has 1 atom stereocenters. The van der Waals surface area contributed by atoms with Crippen molar-refractivity contribution >= 4 is 17.8 Å². The number of esters is 1. The van der Waals surface area contributed by atoms with Gasteiger partial charge >= 0.3 is 5.97 Å². The number of para-hydroxylation sites is 2. The zero-order valence-corrected chi connectivity index (χ0v) is 13.9. The molecule has 1 aliphatic rings. The van der Waals surface area contributed by atoms with E-state index in [1.54, 1.807) is 24.3 Å². The van der Waals surface area contributed by atoms with Crippen molar-refractivity contribution in [3.05, 3.63) is 59.9 Å². The highest BCUT2D eigenvalue weighted by atomic mass is 19.1. The van der Waals surface area contributed by atoms with E-state index in [1.165, 1.54) is 18.2 Å². The summed E-state index contributed by atoms with van der Waals surface area (Å²) in [6, 6.07) is 12.1. The molecule has 1 aliphatic heterocycles. The molecule has 0 saturated heterocycles. The number of ether oxygens (including phenoxy) is 3. The molecule has 0 spiro atoms. The summed E-state index contributed by atoms with van der Waals surface area (Å²) in [6.45, 7) is -0.709. The first-order valence-corrected chi connectivity index (χ1v) is 7.93. The quantitative estimate of drug-likeness (QED) is 0.611. The molecule has 0 saturated carbocycles. The number of rotatable bonds is 4. The number of amides is 2. The number of nitrogens with one attached hydrogen (secondary N) is 2. The number of hydrogen-bond donors (Lipinski definition) is 2. The van der Waals surface area contributed by atoms with E-state index in [4.69, 9.17) is 14.2 Å². The number of hydrogen-bond acceptors (Lipinski definition) is 6. The zero-order chi connectivity index (χ0) is 19.2. The van der Waals surface area contributed by atoms with Crippen molar-refractivity contribution in [2.45, 2.75) is 6.10 Å². The lowest BCUT2D eigenvalue weighted by atomic mass is 10.2. The molecular weight excluding hydrogens is 359 g/mol. The fraction of sp³-hybridized carbons (Fsp3) is 0.167. The molecule has 2 amide bonds. The number of hydrazine groups is 1. The summed E-state index contributed by atoms with van der Waals surface area (Å²) in [6.07, 6.45) is -1.01. The van der Waals surface area contributed by atoms with Crippen LogP contribution in [-0.2, 0) is 14.3 Å². The molecule has 8 nitrogen and oxygen atoms in total. The Labute approximate surface area is 153 Å². The van der Waals surface area contributed by atoms with E-state index in [0.717, 1.165) is 6.07 Å². The summed E-state index contributed by atoms with van der Waals surface area (Å²) in [5, 5.41) is 0. The maximum Gasteiger partial charge on any atom is 0.351 e. The minimum Gasteiger partial charge on any atom is -0.485 e. The lowest BCUT2D eigenvalue weighted by molar-refractivity contribution is -0.157. The van der Waals surface area contributed by atoms with E-state index in [2.05, 4.69) is 0 Å². The Morgan fingerprint density at radius 3 is 2.52 bits per heavy atom. The van der Waals surface area contributed by atoms with Crippen molar-refractivity contribution in [1.82, 2.24) is 10.9 Å². The van der Waals surface area contributed by atoms with Crippen LogP contribution in [0.25, 0.3) is 0 Å². The fourth-order valence-corrected chi connectivity index (χ4v) is 2.24. The van der Waals surface area contributed by atoms with Crippen molar-refractivity contribution in [2.75, 3.05) is 13.2 Å². The van der Waals surface area contributed by atoms with Gasteiger partial charge in [-0.15, -0.1) is 0 Å². The van der Waals surface area contributed by atoms with Gasteiger partial charge < -0.3 is 14.2 Å². The van der Waals surface area contributed by atoms with Gasteiger partial charge in [0, 0.05) is 0 Å². The molecule has 2 aromatic rings. The number of carbonyl (C=O) groups excluding carboxylic acids is 3. The van der Waals surface area contributed by atoms with Crippen LogP contribution in [0.2, 0.25) is 0 Å². The van der Waals surface area contributed by atoms with Crippen LogP contribution in [0, 0.1) is 5.82 Å². The van der Waals surface area contributed by atoms with Gasteiger partial charge in [-0.05, 0) is 24.3 Å². The second-order valence-corrected chi connectivity index (χ2v) is 5.45. The summed E-state index contributed by atoms with van der Waals surface area (Å²) in [4.78, 5) is 35.4. The average molecular weight is 374 g/mol. The van der Waals surface area contributed by atoms with E-state index in [9.17, 15) is 18.8 Å². The minimum absolute atomic E-state index is 0.0541. The number of carbonyl (C=O) groups is 3. The predicted molar refractivity (Wildman–Crippen MR) is 89.3 cm³/mol. The van der Waals surface area contributed by atoms with Crippen molar-refractivity contribution < 1.29 is 33.0 Å². The summed E-state index contributed by atoms with van der Waals surface area (Å²) in [7, 11) is 0. The first kappa shape index (κ1) is 18.2. The van der Waals surface area contributed by atoms with Crippen LogP contribution in [-0.4, -0.2) is 37.1 Å². The molecule has 0 fully saturated rings. The fourth-order valence-electron chi connectivity index (χ4n) is 2.24. The molecule has 3 rings (SSSR count). The topological polar surface area (TPSA) is 103 Å². The van der Waals surface area contributed by atoms with Gasteiger partial charge in [0.2, 0.25) is 6.10 Å². The number of fused-ring (bicyclic) bond motifs is 1. The van der Waals surface area contributed by atoms with Crippen LogP contribution in [0.1, 0.15) is 10.4 Å². The highest BCUT2D eigenvalue weighted by Gasteiger charge is 2.29. The van der Waals surface area contributed by atoms with Crippen LogP contribution in [0.4, 0.5) is 4.39 Å². The molecule has 1 heterocycles. The lowest BCUT2D eigenvalue weighted by Gasteiger charge is -2.24. The minimum atomic E-state index is -1.01. The third-order valence-electron chi connectivity index (χ3n) is 3.55. The Kier molecular flexibility index (Phi) is 5.50. The summed E-state index contributed by atoms with van der Waals surface area (Å²) in [5.74, 6) is -2.26. The summed E-state index contributed by atoms with van der Waals surface area (Å²) < 4.78 is 29.1.